The number of carbonyl (C=O) groups excluding carboxylic acids is 2. The first-order valence-electron chi connectivity index (χ1n) is 7.09. The van der Waals surface area contributed by atoms with Crippen molar-refractivity contribution in [3.05, 3.63) is 34.6 Å². The molecule has 2 fully saturated rings. The Labute approximate surface area is 127 Å². The van der Waals surface area contributed by atoms with Crippen LogP contribution in [0.15, 0.2) is 18.2 Å². The zero-order chi connectivity index (χ0) is 15.0. The number of amides is 2. The summed E-state index contributed by atoms with van der Waals surface area (Å²) in [5.41, 5.74) is 0.661. The predicted molar refractivity (Wildman–Crippen MR) is 76.1 cm³/mol. The predicted octanol–water partition coefficient (Wildman–Crippen LogP) is 2.25. The van der Waals surface area contributed by atoms with Crippen LogP contribution in [0.5, 0.6) is 0 Å². The monoisotopic (exact) mass is 310 g/mol. The molecule has 6 heteroatoms. The van der Waals surface area contributed by atoms with Gasteiger partial charge in [0.25, 0.3) is 0 Å². The van der Waals surface area contributed by atoms with E-state index in [1.165, 1.54) is 12.1 Å². The average molecular weight is 311 g/mol. The molecule has 1 aliphatic carbocycles. The number of benzene rings is 1. The van der Waals surface area contributed by atoms with Gasteiger partial charge in [-0.3, -0.25) is 9.59 Å². The van der Waals surface area contributed by atoms with Crippen molar-refractivity contribution in [2.45, 2.75) is 44.3 Å². The van der Waals surface area contributed by atoms with Crippen molar-refractivity contribution in [3.63, 3.8) is 0 Å². The minimum Gasteiger partial charge on any atom is -0.350 e. The van der Waals surface area contributed by atoms with Crippen LogP contribution in [0.4, 0.5) is 4.39 Å². The lowest BCUT2D eigenvalue weighted by atomic mass is 10.2. The van der Waals surface area contributed by atoms with E-state index in [0.717, 1.165) is 12.8 Å². The van der Waals surface area contributed by atoms with Gasteiger partial charge in [0.05, 0.1) is 0 Å². The lowest BCUT2D eigenvalue weighted by Crippen LogP contribution is -2.45. The van der Waals surface area contributed by atoms with E-state index in [1.807, 2.05) is 0 Å². The maximum Gasteiger partial charge on any atom is 0.243 e. The average Bonchev–Trinajstić information content (AvgIpc) is 3.20. The minimum absolute atomic E-state index is 0.0671. The van der Waals surface area contributed by atoms with Crippen LogP contribution in [0, 0.1) is 5.82 Å². The molecule has 1 atom stereocenters. The number of likely N-dealkylation sites (tertiary alicyclic amines) is 1. The molecule has 4 nitrogen and oxygen atoms in total. The summed E-state index contributed by atoms with van der Waals surface area (Å²) < 4.78 is 13.0. The summed E-state index contributed by atoms with van der Waals surface area (Å²) in [7, 11) is 0. The van der Waals surface area contributed by atoms with Crippen LogP contribution < -0.4 is 5.32 Å². The molecule has 1 N–H and O–H groups in total. The molecule has 1 saturated carbocycles. The molecule has 1 saturated heterocycles. The van der Waals surface area contributed by atoms with E-state index in [-0.39, 0.29) is 35.5 Å². The van der Waals surface area contributed by atoms with Crippen molar-refractivity contribution >= 4 is 23.4 Å². The van der Waals surface area contributed by atoms with Gasteiger partial charge in [0.15, 0.2) is 0 Å². The van der Waals surface area contributed by atoms with Gasteiger partial charge in [0.1, 0.15) is 11.9 Å². The molecule has 21 heavy (non-hydrogen) atoms. The first-order valence-corrected chi connectivity index (χ1v) is 7.47. The fraction of sp³-hybridized carbons (Fsp3) is 0.467. The SMILES string of the molecule is O=C(NCc1ccc(F)cc1Cl)[C@@H]1CCC(=O)N1C1CC1. The van der Waals surface area contributed by atoms with E-state index in [2.05, 4.69) is 5.32 Å². The highest BCUT2D eigenvalue weighted by Gasteiger charge is 2.44. The van der Waals surface area contributed by atoms with E-state index in [0.29, 0.717) is 18.4 Å². The van der Waals surface area contributed by atoms with Crippen LogP contribution in [-0.4, -0.2) is 28.8 Å². The number of rotatable bonds is 4. The maximum absolute atomic E-state index is 13.0. The molecule has 0 bridgehead atoms. The molecule has 1 heterocycles. The highest BCUT2D eigenvalue weighted by Crippen LogP contribution is 2.34. The quantitative estimate of drug-likeness (QED) is 0.927. The van der Waals surface area contributed by atoms with Gasteiger partial charge in [0, 0.05) is 24.0 Å². The van der Waals surface area contributed by atoms with Crippen molar-refractivity contribution in [2.75, 3.05) is 0 Å². The van der Waals surface area contributed by atoms with Crippen molar-refractivity contribution in [2.24, 2.45) is 0 Å². The Morgan fingerprint density at radius 3 is 2.81 bits per heavy atom. The Morgan fingerprint density at radius 2 is 2.14 bits per heavy atom. The van der Waals surface area contributed by atoms with Gasteiger partial charge in [-0.25, -0.2) is 4.39 Å². The van der Waals surface area contributed by atoms with Crippen molar-refractivity contribution in [3.8, 4) is 0 Å². The number of nitrogens with one attached hydrogen (secondary N) is 1. The maximum atomic E-state index is 13.0. The third-order valence-electron chi connectivity index (χ3n) is 3.97. The molecule has 1 aromatic rings. The molecular formula is C15H16ClFN2O2. The molecule has 3 rings (SSSR count). The Bertz CT molecular complexity index is 589. The van der Waals surface area contributed by atoms with E-state index in [1.54, 1.807) is 11.0 Å². The highest BCUT2D eigenvalue weighted by atomic mass is 35.5. The summed E-state index contributed by atoms with van der Waals surface area (Å²) in [6.07, 6.45) is 2.98. The van der Waals surface area contributed by atoms with Gasteiger partial charge >= 0.3 is 0 Å². The number of hydrogen-bond acceptors (Lipinski definition) is 2. The van der Waals surface area contributed by atoms with Crippen molar-refractivity contribution < 1.29 is 14.0 Å². The van der Waals surface area contributed by atoms with E-state index in [4.69, 9.17) is 11.6 Å². The van der Waals surface area contributed by atoms with Gasteiger partial charge in [-0.2, -0.15) is 0 Å². The summed E-state index contributed by atoms with van der Waals surface area (Å²) in [6.45, 7) is 0.237. The van der Waals surface area contributed by atoms with E-state index in [9.17, 15) is 14.0 Å². The fourth-order valence-corrected chi connectivity index (χ4v) is 2.97. The molecule has 0 aromatic heterocycles. The van der Waals surface area contributed by atoms with Crippen molar-refractivity contribution in [1.82, 2.24) is 10.2 Å². The molecule has 0 spiro atoms. The standard InChI is InChI=1S/C15H16ClFN2O2/c16-12-7-10(17)2-1-9(12)8-18-15(21)13-5-6-14(20)19(13)11-3-4-11/h1-2,7,11,13H,3-6,8H2,(H,18,21)/t13-/m0/s1. The molecular weight excluding hydrogens is 295 g/mol. The second-order valence-corrected chi connectivity index (χ2v) is 5.95. The largest absolute Gasteiger partial charge is 0.350 e. The lowest BCUT2D eigenvalue weighted by molar-refractivity contribution is -0.135. The molecule has 2 amide bonds. The Balaban J connectivity index is 1.62. The van der Waals surface area contributed by atoms with Gasteiger partial charge in [-0.1, -0.05) is 17.7 Å². The molecule has 1 aliphatic heterocycles. The summed E-state index contributed by atoms with van der Waals surface area (Å²) in [5, 5.41) is 3.08. The molecule has 0 unspecified atom stereocenters. The second kappa shape index (κ2) is 5.64. The van der Waals surface area contributed by atoms with Crippen molar-refractivity contribution in [1.29, 1.82) is 0 Å². The summed E-state index contributed by atoms with van der Waals surface area (Å²) in [6, 6.07) is 3.95. The van der Waals surface area contributed by atoms with E-state index < -0.39 is 5.82 Å². The van der Waals surface area contributed by atoms with Crippen LogP contribution >= 0.6 is 11.6 Å². The summed E-state index contributed by atoms with van der Waals surface area (Å²) >= 11 is 5.93. The first kappa shape index (κ1) is 14.3. The summed E-state index contributed by atoms with van der Waals surface area (Å²) in [5.74, 6) is -0.498. The number of nitrogens with zero attached hydrogens (tertiary/aromatic N) is 1. The first-order chi connectivity index (χ1) is 10.1. The summed E-state index contributed by atoms with van der Waals surface area (Å²) in [4.78, 5) is 25.8. The van der Waals surface area contributed by atoms with E-state index >= 15 is 0 Å². The minimum atomic E-state index is -0.406. The third kappa shape index (κ3) is 3.02. The molecule has 0 radical (unpaired) electrons. The second-order valence-electron chi connectivity index (χ2n) is 5.54. The smallest absolute Gasteiger partial charge is 0.243 e. The molecule has 112 valence electrons. The van der Waals surface area contributed by atoms with Gasteiger partial charge in [-0.15, -0.1) is 0 Å². The fourth-order valence-electron chi connectivity index (χ4n) is 2.74. The third-order valence-corrected chi connectivity index (χ3v) is 4.32. The van der Waals surface area contributed by atoms with Crippen LogP contribution in [-0.2, 0) is 16.1 Å². The van der Waals surface area contributed by atoms with Crippen LogP contribution in [0.3, 0.4) is 0 Å². The highest BCUT2D eigenvalue weighted by molar-refractivity contribution is 6.31. The topological polar surface area (TPSA) is 49.4 Å². The zero-order valence-corrected chi connectivity index (χ0v) is 12.2. The Hall–Kier alpha value is -1.62. The molecule has 2 aliphatic rings. The Kier molecular flexibility index (Phi) is 3.85. The molecule has 1 aromatic carbocycles. The number of hydrogen-bond donors (Lipinski definition) is 1. The van der Waals surface area contributed by atoms with Gasteiger partial charge < -0.3 is 10.2 Å². The Morgan fingerprint density at radius 1 is 1.38 bits per heavy atom. The normalized spacial score (nSPS) is 21.7. The number of halogens is 2. The van der Waals surface area contributed by atoms with Gasteiger partial charge in [0.2, 0.25) is 11.8 Å². The van der Waals surface area contributed by atoms with Gasteiger partial charge in [-0.05, 0) is 37.0 Å². The van der Waals surface area contributed by atoms with Crippen LogP contribution in [0.1, 0.15) is 31.2 Å². The van der Waals surface area contributed by atoms with Crippen LogP contribution in [0.25, 0.3) is 0 Å². The number of carbonyl (C=O) groups is 2. The zero-order valence-electron chi connectivity index (χ0n) is 11.4. The lowest BCUT2D eigenvalue weighted by Gasteiger charge is -2.23. The van der Waals surface area contributed by atoms with Crippen LogP contribution in [0.2, 0.25) is 5.02 Å².